The molecule has 3 aromatic rings. The zero-order chi connectivity index (χ0) is 29.6. The number of ether oxygens (including phenoxy) is 1. The van der Waals surface area contributed by atoms with E-state index in [9.17, 15) is 9.50 Å². The van der Waals surface area contributed by atoms with Gasteiger partial charge in [-0.25, -0.2) is 4.39 Å². The van der Waals surface area contributed by atoms with Crippen LogP contribution in [0.2, 0.25) is 5.02 Å². The number of phenols is 1. The maximum absolute atomic E-state index is 14.9. The van der Waals surface area contributed by atoms with Gasteiger partial charge in [0.1, 0.15) is 24.3 Å². The average Bonchev–Trinajstić information content (AvgIpc) is 3.75. The van der Waals surface area contributed by atoms with Crippen LogP contribution in [-0.2, 0) is 13.0 Å². The first kappa shape index (κ1) is 27.4. The van der Waals surface area contributed by atoms with E-state index in [1.807, 2.05) is 24.3 Å². The fourth-order valence-corrected chi connectivity index (χ4v) is 10.0. The number of nitrogens with zero attached hydrogens (tertiary/aromatic N) is 5. The van der Waals surface area contributed by atoms with Gasteiger partial charge in [0.05, 0.1) is 28.5 Å². The number of anilines is 2. The number of hydrogen-bond donors (Lipinski definition) is 2. The molecular weight excluding hydrogens is 579 g/mol. The van der Waals surface area contributed by atoms with E-state index in [0.29, 0.717) is 61.2 Å². The molecule has 4 saturated heterocycles. The zero-order valence-corrected chi connectivity index (χ0v) is 25.8. The van der Waals surface area contributed by atoms with E-state index >= 15 is 0 Å². The third kappa shape index (κ3) is 4.44. The lowest BCUT2D eigenvalue weighted by atomic mass is 9.89. The highest BCUT2D eigenvalue weighted by molar-refractivity contribution is 6.36. The Morgan fingerprint density at radius 3 is 2.77 bits per heavy atom. The predicted octanol–water partition coefficient (Wildman–Crippen LogP) is 5.23. The molecule has 2 aromatic carbocycles. The van der Waals surface area contributed by atoms with Crippen LogP contribution >= 0.6 is 11.6 Å². The van der Waals surface area contributed by atoms with Gasteiger partial charge < -0.3 is 25.0 Å². The summed E-state index contributed by atoms with van der Waals surface area (Å²) in [6, 6.07) is 11.2. The van der Waals surface area contributed by atoms with Crippen molar-refractivity contribution in [2.45, 2.75) is 87.7 Å². The Morgan fingerprint density at radius 1 is 1.05 bits per heavy atom. The lowest BCUT2D eigenvalue weighted by Gasteiger charge is -2.38. The molecule has 2 N–H and O–H groups in total. The van der Waals surface area contributed by atoms with Crippen LogP contribution in [0.4, 0.5) is 15.9 Å². The Balaban J connectivity index is 1.07. The van der Waals surface area contributed by atoms with Gasteiger partial charge in [-0.2, -0.15) is 9.97 Å². The molecule has 5 fully saturated rings. The number of hydrogen-bond acceptors (Lipinski definition) is 8. The summed E-state index contributed by atoms with van der Waals surface area (Å²) in [6.07, 6.45) is 7.60. The Morgan fingerprint density at radius 2 is 1.91 bits per heavy atom. The highest BCUT2D eigenvalue weighted by Gasteiger charge is 2.58. The van der Waals surface area contributed by atoms with Crippen molar-refractivity contribution in [2.24, 2.45) is 5.92 Å². The topological polar surface area (TPSA) is 77.0 Å². The molecule has 9 rings (SSSR count). The molecule has 0 radical (unpaired) electrons. The number of aromatic nitrogens is 2. The van der Waals surface area contributed by atoms with E-state index in [2.05, 4.69) is 20.0 Å². The highest BCUT2D eigenvalue weighted by Crippen LogP contribution is 2.52. The predicted molar refractivity (Wildman–Crippen MR) is 170 cm³/mol. The molecule has 2 unspecified atom stereocenters. The van der Waals surface area contributed by atoms with Gasteiger partial charge in [-0.3, -0.25) is 4.90 Å². The molecule has 10 heteroatoms. The molecule has 1 aromatic heterocycles. The quantitative estimate of drug-likeness (QED) is 0.403. The Bertz CT molecular complexity index is 1610. The molecular formula is C34H40ClFN6O2. The summed E-state index contributed by atoms with van der Waals surface area (Å²) in [5, 5.41) is 16.9. The Hall–Kier alpha value is -2.88. The number of alkyl halides is 1. The molecule has 6 aliphatic rings. The minimum Gasteiger partial charge on any atom is -0.508 e. The molecule has 0 amide bonds. The van der Waals surface area contributed by atoms with Gasteiger partial charge in [-0.15, -0.1) is 0 Å². The van der Waals surface area contributed by atoms with E-state index < -0.39 is 6.17 Å². The molecule has 44 heavy (non-hydrogen) atoms. The van der Waals surface area contributed by atoms with Crippen molar-refractivity contribution in [1.82, 2.24) is 20.2 Å². The second kappa shape index (κ2) is 10.3. The SMILES string of the molecule is Oc1cc(N2CCc3c(nc(OC[C@@]45C[C@H](F)CN4[C@@H]4CCC[C@@H]4C5)nc3N3CC4CCC(C3)N4)C2)c2c(Cl)cccc2c1. The van der Waals surface area contributed by atoms with Gasteiger partial charge in [0.25, 0.3) is 0 Å². The molecule has 232 valence electrons. The summed E-state index contributed by atoms with van der Waals surface area (Å²) in [4.78, 5) is 17.3. The maximum Gasteiger partial charge on any atom is 0.318 e. The van der Waals surface area contributed by atoms with E-state index in [1.54, 1.807) is 6.07 Å². The van der Waals surface area contributed by atoms with Crippen molar-refractivity contribution in [1.29, 1.82) is 0 Å². The number of benzene rings is 2. The van der Waals surface area contributed by atoms with Gasteiger partial charge >= 0.3 is 6.01 Å². The third-order valence-electron chi connectivity index (χ3n) is 11.5. The minimum absolute atomic E-state index is 0.220. The summed E-state index contributed by atoms with van der Waals surface area (Å²) in [5.74, 6) is 1.87. The number of phenolic OH excluding ortho intramolecular Hbond substituents is 1. The number of fused-ring (bicyclic) bond motifs is 7. The fourth-order valence-electron chi connectivity index (χ4n) is 9.73. The van der Waals surface area contributed by atoms with Crippen LogP contribution in [0.3, 0.4) is 0 Å². The number of aromatic hydroxyl groups is 1. The van der Waals surface area contributed by atoms with Crippen molar-refractivity contribution in [2.75, 3.05) is 42.6 Å². The van der Waals surface area contributed by atoms with Gasteiger partial charge in [-0.1, -0.05) is 30.2 Å². The summed E-state index contributed by atoms with van der Waals surface area (Å²) < 4.78 is 21.5. The molecule has 1 saturated carbocycles. The van der Waals surface area contributed by atoms with Gasteiger partial charge in [0.15, 0.2) is 0 Å². The molecule has 6 atom stereocenters. The maximum atomic E-state index is 14.9. The molecule has 0 spiro atoms. The average molecular weight is 619 g/mol. The Kier molecular flexibility index (Phi) is 6.44. The lowest BCUT2D eigenvalue weighted by molar-refractivity contribution is 0.0829. The number of nitrogens with one attached hydrogen (secondary N) is 1. The summed E-state index contributed by atoms with van der Waals surface area (Å²) in [7, 11) is 0. The van der Waals surface area contributed by atoms with Crippen molar-refractivity contribution in [3.8, 4) is 11.8 Å². The molecule has 2 bridgehead atoms. The van der Waals surface area contributed by atoms with Crippen molar-refractivity contribution in [3.05, 3.63) is 46.6 Å². The number of rotatable bonds is 5. The first-order valence-electron chi connectivity index (χ1n) is 16.5. The summed E-state index contributed by atoms with van der Waals surface area (Å²) >= 11 is 6.71. The van der Waals surface area contributed by atoms with Crippen LogP contribution in [-0.4, -0.2) is 82.6 Å². The monoisotopic (exact) mass is 618 g/mol. The number of halogens is 2. The summed E-state index contributed by atoms with van der Waals surface area (Å²) in [5.41, 5.74) is 2.79. The largest absolute Gasteiger partial charge is 0.508 e. The van der Waals surface area contributed by atoms with Crippen LogP contribution in [0.25, 0.3) is 10.8 Å². The molecule has 8 nitrogen and oxygen atoms in total. The van der Waals surface area contributed by atoms with Crippen LogP contribution in [0.5, 0.6) is 11.8 Å². The lowest BCUT2D eigenvalue weighted by Crippen LogP contribution is -2.52. The molecule has 1 aliphatic carbocycles. The van der Waals surface area contributed by atoms with E-state index in [0.717, 1.165) is 60.4 Å². The first-order chi connectivity index (χ1) is 21.4. The zero-order valence-electron chi connectivity index (χ0n) is 25.0. The smallest absolute Gasteiger partial charge is 0.318 e. The standard InChI is InChI=1S/C34H40ClFN6O2/c35-27-5-1-3-20-11-25(43)12-30(31(20)27)40-10-9-26-28(18-40)38-33(39-32(26)41-16-23-7-8-24(17-41)37-23)44-19-34-13-21-4-2-6-29(21)42(34)15-22(36)14-34/h1,3,5,11-12,21-24,29,37,43H,2,4,6-10,13-19H2/t21-,22+,23?,24?,29-,34-/m1/s1. The second-order valence-electron chi connectivity index (χ2n) is 14.2. The van der Waals surface area contributed by atoms with Gasteiger partial charge in [0.2, 0.25) is 0 Å². The first-order valence-corrected chi connectivity index (χ1v) is 16.9. The van der Waals surface area contributed by atoms with Gasteiger partial charge in [0, 0.05) is 67.7 Å². The Labute approximate surface area is 262 Å². The highest BCUT2D eigenvalue weighted by atomic mass is 35.5. The van der Waals surface area contributed by atoms with E-state index in [4.69, 9.17) is 26.3 Å². The third-order valence-corrected chi connectivity index (χ3v) is 11.8. The van der Waals surface area contributed by atoms with Crippen LogP contribution in [0.15, 0.2) is 30.3 Å². The molecule has 5 aliphatic heterocycles. The summed E-state index contributed by atoms with van der Waals surface area (Å²) in [6.45, 7) is 4.16. The van der Waals surface area contributed by atoms with E-state index in [-0.39, 0.29) is 11.3 Å². The normalized spacial score (nSPS) is 32.7. The minimum atomic E-state index is -0.797. The fraction of sp³-hybridized carbons (Fsp3) is 0.588. The van der Waals surface area contributed by atoms with Gasteiger partial charge in [-0.05, 0) is 62.0 Å². The second-order valence-corrected chi connectivity index (χ2v) is 14.6. The van der Waals surface area contributed by atoms with Crippen LogP contribution in [0, 0.1) is 5.92 Å². The van der Waals surface area contributed by atoms with Crippen LogP contribution in [0.1, 0.15) is 56.2 Å². The van der Waals surface area contributed by atoms with Crippen molar-refractivity contribution < 1.29 is 14.2 Å². The molecule has 6 heterocycles. The van der Waals surface area contributed by atoms with Crippen molar-refractivity contribution >= 4 is 33.9 Å². The van der Waals surface area contributed by atoms with Crippen LogP contribution < -0.4 is 19.9 Å². The number of piperazine rings is 1. The van der Waals surface area contributed by atoms with E-state index in [1.165, 1.54) is 37.7 Å². The van der Waals surface area contributed by atoms with Crippen molar-refractivity contribution in [3.63, 3.8) is 0 Å².